The largest absolute Gasteiger partial charge is 0.468 e. The first kappa shape index (κ1) is 18.2. The van der Waals surface area contributed by atoms with Crippen LogP contribution in [0, 0.1) is 0 Å². The molecule has 0 atom stereocenters. The summed E-state index contributed by atoms with van der Waals surface area (Å²) < 4.78 is 32.7. The Morgan fingerprint density at radius 3 is 2.40 bits per heavy atom. The number of aromatic hydroxyl groups is 1. The Morgan fingerprint density at radius 2 is 2.05 bits per heavy atom. The minimum absolute atomic E-state index is 0.00951. The quantitative estimate of drug-likeness (QED) is 0.314. The Bertz CT molecular complexity index is 511. The molecule has 0 heterocycles. The van der Waals surface area contributed by atoms with Gasteiger partial charge in [-0.1, -0.05) is 0 Å². The van der Waals surface area contributed by atoms with Gasteiger partial charge in [-0.25, -0.2) is 0 Å². The number of benzene rings is 1. The monoisotopic (exact) mass is 349 g/mol. The van der Waals surface area contributed by atoms with Crippen molar-refractivity contribution in [2.75, 3.05) is 11.9 Å². The molecule has 4 N–H and O–H groups in total. The molecule has 1 aromatic rings. The number of rotatable bonds is 4. The van der Waals surface area contributed by atoms with E-state index in [9.17, 15) is 18.4 Å². The van der Waals surface area contributed by atoms with Crippen molar-refractivity contribution < 1.29 is 31.4 Å². The molecule has 0 unspecified atom stereocenters. The Morgan fingerprint density at radius 1 is 1.45 bits per heavy atom. The number of carbonyl (C=O) groups excluding carboxylic acids is 2. The Balaban J connectivity index is 0.000000621. The van der Waals surface area contributed by atoms with Crippen LogP contribution in [0.3, 0.4) is 0 Å². The summed E-state index contributed by atoms with van der Waals surface area (Å²) in [6.07, 6.45) is 0. The van der Waals surface area contributed by atoms with Crippen LogP contribution >= 0.6 is 0 Å². The molecular weight excluding hydrogens is 333 g/mol. The van der Waals surface area contributed by atoms with E-state index in [1.165, 1.54) is 6.92 Å². The first-order chi connectivity index (χ1) is 9.22. The van der Waals surface area contributed by atoms with Gasteiger partial charge < -0.3 is 4.74 Å². The topological polar surface area (TPSA) is 133 Å². The van der Waals surface area contributed by atoms with E-state index in [-0.39, 0.29) is 15.8 Å². The molecule has 0 saturated heterocycles. The molecule has 0 aliphatic heterocycles. The molecule has 8 nitrogen and oxygen atoms in total. The van der Waals surface area contributed by atoms with Gasteiger partial charge in [-0.3, -0.25) is 4.79 Å². The summed E-state index contributed by atoms with van der Waals surface area (Å²) in [5.74, 6) is -0.668. The van der Waals surface area contributed by atoms with Gasteiger partial charge in [0.15, 0.2) is 0 Å². The summed E-state index contributed by atoms with van der Waals surface area (Å²) in [5.41, 5.74) is -0.00951. The molecule has 20 heavy (non-hydrogen) atoms. The molecule has 9 heteroatoms. The van der Waals surface area contributed by atoms with Gasteiger partial charge in [0.1, 0.15) is 0 Å². The second kappa shape index (κ2) is 8.42. The van der Waals surface area contributed by atoms with Crippen molar-refractivity contribution >= 4 is 36.6 Å². The van der Waals surface area contributed by atoms with E-state index in [0.717, 1.165) is 18.2 Å². The van der Waals surface area contributed by atoms with Crippen LogP contribution in [0.2, 0.25) is 0 Å². The summed E-state index contributed by atoms with van der Waals surface area (Å²) in [6.45, 7) is 3.90. The van der Waals surface area contributed by atoms with E-state index in [0.29, 0.717) is 13.1 Å². The number of carbonyl (C=O) groups is 2. The molecule has 0 fully saturated rings. The Hall–Kier alpha value is -1.76. The van der Waals surface area contributed by atoms with E-state index >= 15 is 0 Å². The third kappa shape index (κ3) is 6.98. The van der Waals surface area contributed by atoms with Crippen LogP contribution in [0.5, 0.6) is 5.75 Å². The maximum Gasteiger partial charge on any atom is 0.293 e. The number of ether oxygens (including phenoxy) is 1. The molecule has 1 amide bonds. The average molecular weight is 349 g/mol. The van der Waals surface area contributed by atoms with Gasteiger partial charge in [-0.05, 0) is 6.92 Å². The first-order valence-corrected chi connectivity index (χ1v) is 8.82. The van der Waals surface area contributed by atoms with Gasteiger partial charge in [-0.15, -0.1) is 0 Å². The minimum Gasteiger partial charge on any atom is -0.468 e. The Labute approximate surface area is 118 Å². The standard InChI is InChI=1S/C8H10AsNO5.C3H6O2/c1-5(11)10-7-4-6(9(13,14)15)2-3-8(7)12;1-2-5-3-4/h2-4,12H,1H3,(H,10,11)(H2,13,14,15);3H,2H2,1H3. The molecule has 0 aliphatic carbocycles. The van der Waals surface area contributed by atoms with E-state index in [2.05, 4.69) is 10.1 Å². The van der Waals surface area contributed by atoms with Crippen LogP contribution in [-0.4, -0.2) is 46.5 Å². The molecule has 0 radical (unpaired) electrons. The molecule has 112 valence electrons. The van der Waals surface area contributed by atoms with Gasteiger partial charge in [0.05, 0.1) is 6.61 Å². The molecule has 1 rings (SSSR count). The summed E-state index contributed by atoms with van der Waals surface area (Å²) in [5, 5.41) is 11.6. The maximum atomic E-state index is 10.9. The number of nitrogens with one attached hydrogen (secondary N) is 1. The van der Waals surface area contributed by atoms with Crippen LogP contribution in [-0.2, 0) is 18.1 Å². The SMILES string of the molecule is CC(=O)Nc1cc([As](=O)(O)O)ccc1O.CCOC=O. The summed E-state index contributed by atoms with van der Waals surface area (Å²) >= 11 is -4.98. The fourth-order valence-electron chi connectivity index (χ4n) is 1.06. The third-order valence-corrected chi connectivity index (χ3v) is 3.86. The van der Waals surface area contributed by atoms with E-state index in [1.54, 1.807) is 6.92 Å². The second-order valence-corrected chi connectivity index (χ2v) is 6.84. The summed E-state index contributed by atoms with van der Waals surface area (Å²) in [4.78, 5) is 19.9. The van der Waals surface area contributed by atoms with Crippen molar-refractivity contribution in [2.24, 2.45) is 0 Å². The zero-order valence-corrected chi connectivity index (χ0v) is 12.8. The van der Waals surface area contributed by atoms with Crippen LogP contribution in [0.1, 0.15) is 13.8 Å². The number of amides is 1. The van der Waals surface area contributed by atoms with Crippen molar-refractivity contribution in [1.82, 2.24) is 0 Å². The minimum atomic E-state index is -4.98. The number of hydrogen-bond acceptors (Lipinski definition) is 5. The predicted octanol–water partition coefficient (Wildman–Crippen LogP) is -0.909. The van der Waals surface area contributed by atoms with Gasteiger partial charge in [0.25, 0.3) is 6.47 Å². The molecule has 0 aliphatic rings. The van der Waals surface area contributed by atoms with Crippen molar-refractivity contribution in [3.8, 4) is 5.75 Å². The Kier molecular flexibility index (Phi) is 7.68. The summed E-state index contributed by atoms with van der Waals surface area (Å²) in [6, 6.07) is 3.32. The van der Waals surface area contributed by atoms with Gasteiger partial charge in [0, 0.05) is 0 Å². The van der Waals surface area contributed by atoms with E-state index in [4.69, 9.17) is 8.19 Å². The van der Waals surface area contributed by atoms with Crippen LogP contribution in [0.15, 0.2) is 18.2 Å². The van der Waals surface area contributed by atoms with Gasteiger partial charge in [0.2, 0.25) is 0 Å². The predicted molar refractivity (Wildman–Crippen MR) is 70.6 cm³/mol. The van der Waals surface area contributed by atoms with Crippen molar-refractivity contribution in [1.29, 1.82) is 0 Å². The molecular formula is C11H16AsNO7. The van der Waals surface area contributed by atoms with Crippen LogP contribution in [0.25, 0.3) is 0 Å². The summed E-state index contributed by atoms with van der Waals surface area (Å²) in [7, 11) is 0. The number of phenols is 1. The van der Waals surface area contributed by atoms with Crippen LogP contribution < -0.4 is 9.67 Å². The van der Waals surface area contributed by atoms with Crippen molar-refractivity contribution in [3.05, 3.63) is 18.2 Å². The van der Waals surface area contributed by atoms with Crippen molar-refractivity contribution in [2.45, 2.75) is 13.8 Å². The zero-order valence-electron chi connectivity index (χ0n) is 10.9. The molecule has 0 aromatic heterocycles. The number of phenolic OH excluding ortho intramolecular Hbond substituents is 1. The fourth-order valence-corrected chi connectivity index (χ4v) is 2.25. The second-order valence-electron chi connectivity index (χ2n) is 3.48. The van der Waals surface area contributed by atoms with E-state index in [1.807, 2.05) is 0 Å². The smallest absolute Gasteiger partial charge is 0.293 e. The van der Waals surface area contributed by atoms with Gasteiger partial charge in [-0.2, -0.15) is 0 Å². The third-order valence-electron chi connectivity index (χ3n) is 1.86. The zero-order chi connectivity index (χ0) is 15.8. The molecule has 0 bridgehead atoms. The molecule has 1 aromatic carbocycles. The van der Waals surface area contributed by atoms with E-state index < -0.39 is 20.1 Å². The molecule has 0 spiro atoms. The van der Waals surface area contributed by atoms with Crippen LogP contribution in [0.4, 0.5) is 5.69 Å². The number of anilines is 1. The normalized spacial score (nSPS) is 10.0. The average Bonchev–Trinajstić information content (AvgIpc) is 2.32. The number of hydrogen-bond donors (Lipinski definition) is 4. The van der Waals surface area contributed by atoms with Gasteiger partial charge >= 0.3 is 88.1 Å². The van der Waals surface area contributed by atoms with Crippen molar-refractivity contribution in [3.63, 3.8) is 0 Å². The fraction of sp³-hybridized carbons (Fsp3) is 0.273. The maximum absolute atomic E-state index is 10.9. The first-order valence-electron chi connectivity index (χ1n) is 5.44. The molecule has 0 saturated carbocycles.